The molecule has 1 aliphatic heterocycles. The molecule has 0 saturated carbocycles. The SMILES string of the molecule is C[C@H]1CCCS(=O)(=O)N1Cc1cc(F)c(C(CO)CC#N)cc1F. The van der Waals surface area contributed by atoms with Gasteiger partial charge in [-0.15, -0.1) is 0 Å². The van der Waals surface area contributed by atoms with Crippen molar-refractivity contribution in [1.29, 1.82) is 5.26 Å². The summed E-state index contributed by atoms with van der Waals surface area (Å²) in [5.74, 6) is -2.29. The average Bonchev–Trinajstić information content (AvgIpc) is 2.51. The Hall–Kier alpha value is -1.56. The lowest BCUT2D eigenvalue weighted by Crippen LogP contribution is -2.43. The van der Waals surface area contributed by atoms with Crippen molar-refractivity contribution < 1.29 is 22.3 Å². The Balaban J connectivity index is 2.32. The molecule has 8 heteroatoms. The van der Waals surface area contributed by atoms with Gasteiger partial charge in [0.05, 0.1) is 18.4 Å². The van der Waals surface area contributed by atoms with E-state index in [-0.39, 0.29) is 35.9 Å². The third-order valence-corrected chi connectivity index (χ3v) is 6.37. The molecule has 2 rings (SSSR count). The number of hydrogen-bond donors (Lipinski definition) is 1. The predicted molar refractivity (Wildman–Crippen MR) is 84.4 cm³/mol. The Morgan fingerprint density at radius 2 is 2.12 bits per heavy atom. The Morgan fingerprint density at radius 3 is 2.71 bits per heavy atom. The fraction of sp³-hybridized carbons (Fsp3) is 0.562. The molecule has 132 valence electrons. The highest BCUT2D eigenvalue weighted by Gasteiger charge is 2.32. The minimum absolute atomic E-state index is 0.00821. The smallest absolute Gasteiger partial charge is 0.214 e. The van der Waals surface area contributed by atoms with E-state index < -0.39 is 34.2 Å². The second-order valence-corrected chi connectivity index (χ2v) is 8.10. The molecule has 1 aromatic rings. The van der Waals surface area contributed by atoms with E-state index in [0.29, 0.717) is 12.8 Å². The van der Waals surface area contributed by atoms with Gasteiger partial charge in [0.15, 0.2) is 0 Å². The third kappa shape index (κ3) is 3.91. The van der Waals surface area contributed by atoms with E-state index in [2.05, 4.69) is 0 Å². The molecule has 1 heterocycles. The summed E-state index contributed by atoms with van der Waals surface area (Å²) in [6.07, 6.45) is 1.10. The van der Waals surface area contributed by atoms with Crippen LogP contribution in [0.1, 0.15) is 43.2 Å². The zero-order valence-corrected chi connectivity index (χ0v) is 14.2. The van der Waals surface area contributed by atoms with E-state index in [1.807, 2.05) is 6.07 Å². The maximum atomic E-state index is 14.3. The lowest BCUT2D eigenvalue weighted by Gasteiger charge is -2.32. The van der Waals surface area contributed by atoms with Gasteiger partial charge in [-0.3, -0.25) is 0 Å². The summed E-state index contributed by atoms with van der Waals surface area (Å²) in [5.41, 5.74) is -0.128. The number of halogens is 2. The Morgan fingerprint density at radius 1 is 1.42 bits per heavy atom. The first kappa shape index (κ1) is 18.8. The number of nitrogens with zero attached hydrogens (tertiary/aromatic N) is 2. The maximum absolute atomic E-state index is 14.3. The molecule has 1 unspecified atom stereocenters. The minimum Gasteiger partial charge on any atom is -0.396 e. The number of rotatable bonds is 5. The molecule has 0 amide bonds. The summed E-state index contributed by atoms with van der Waals surface area (Å²) in [5, 5.41) is 17.9. The Bertz CT molecular complexity index is 746. The van der Waals surface area contributed by atoms with Crippen molar-refractivity contribution in [2.24, 2.45) is 0 Å². The summed E-state index contributed by atoms with van der Waals surface area (Å²) in [4.78, 5) is 0. The van der Waals surface area contributed by atoms with Crippen LogP contribution >= 0.6 is 0 Å². The van der Waals surface area contributed by atoms with Gasteiger partial charge in [-0.1, -0.05) is 0 Å². The van der Waals surface area contributed by atoms with Crippen molar-refractivity contribution in [3.05, 3.63) is 34.9 Å². The molecule has 1 aromatic carbocycles. The van der Waals surface area contributed by atoms with Crippen LogP contribution in [0.3, 0.4) is 0 Å². The van der Waals surface area contributed by atoms with Crippen LogP contribution in [0.25, 0.3) is 0 Å². The molecule has 1 N–H and O–H groups in total. The van der Waals surface area contributed by atoms with Crippen LogP contribution in [-0.4, -0.2) is 36.2 Å². The van der Waals surface area contributed by atoms with Crippen LogP contribution in [0.4, 0.5) is 8.78 Å². The quantitative estimate of drug-likeness (QED) is 0.875. The normalized spacial score (nSPS) is 22.0. The van der Waals surface area contributed by atoms with Gasteiger partial charge in [-0.2, -0.15) is 9.57 Å². The van der Waals surface area contributed by atoms with E-state index in [4.69, 9.17) is 5.26 Å². The Labute approximate surface area is 140 Å². The maximum Gasteiger partial charge on any atom is 0.214 e. The van der Waals surface area contributed by atoms with E-state index in [1.165, 1.54) is 4.31 Å². The number of benzene rings is 1. The second kappa shape index (κ2) is 7.55. The highest BCUT2D eigenvalue weighted by molar-refractivity contribution is 7.89. The first-order chi connectivity index (χ1) is 11.3. The monoisotopic (exact) mass is 358 g/mol. The standard InChI is InChI=1S/C16H20F2N2O3S/c1-11-3-2-6-24(22,23)20(11)9-13-7-16(18)14(8-15(13)17)12(10-21)4-5-19/h7-8,11-12,21H,2-4,6,9-10H2,1H3/t11-,12?/m0/s1. The second-order valence-electron chi connectivity index (χ2n) is 6.06. The molecule has 5 nitrogen and oxygen atoms in total. The van der Waals surface area contributed by atoms with E-state index in [0.717, 1.165) is 12.1 Å². The van der Waals surface area contributed by atoms with Crippen molar-refractivity contribution in [2.75, 3.05) is 12.4 Å². The van der Waals surface area contributed by atoms with Crippen LogP contribution in [-0.2, 0) is 16.6 Å². The molecule has 24 heavy (non-hydrogen) atoms. The van der Waals surface area contributed by atoms with Crippen molar-refractivity contribution in [2.45, 2.75) is 44.7 Å². The first-order valence-corrected chi connectivity index (χ1v) is 9.36. The molecular formula is C16H20F2N2O3S. The highest BCUT2D eigenvalue weighted by atomic mass is 32.2. The topological polar surface area (TPSA) is 81.4 Å². The van der Waals surface area contributed by atoms with Crippen LogP contribution < -0.4 is 0 Å². The van der Waals surface area contributed by atoms with Crippen LogP contribution in [0.15, 0.2) is 12.1 Å². The number of hydrogen-bond acceptors (Lipinski definition) is 4. The highest BCUT2D eigenvalue weighted by Crippen LogP contribution is 2.28. The lowest BCUT2D eigenvalue weighted by molar-refractivity contribution is 0.263. The van der Waals surface area contributed by atoms with Crippen LogP contribution in [0, 0.1) is 23.0 Å². The number of nitriles is 1. The van der Waals surface area contributed by atoms with Crippen molar-refractivity contribution in [3.8, 4) is 6.07 Å². The third-order valence-electron chi connectivity index (χ3n) is 4.36. The first-order valence-electron chi connectivity index (χ1n) is 7.75. The van der Waals surface area contributed by atoms with Gasteiger partial charge in [0.1, 0.15) is 11.6 Å². The summed E-state index contributed by atoms with van der Waals surface area (Å²) in [7, 11) is -3.48. The number of aliphatic hydroxyl groups excluding tert-OH is 1. The molecule has 2 atom stereocenters. The zero-order valence-electron chi connectivity index (χ0n) is 13.4. The van der Waals surface area contributed by atoms with E-state index in [9.17, 15) is 22.3 Å². The summed E-state index contributed by atoms with van der Waals surface area (Å²) in [6.45, 7) is 1.05. The summed E-state index contributed by atoms with van der Waals surface area (Å²) >= 11 is 0. The van der Waals surface area contributed by atoms with Crippen molar-refractivity contribution in [1.82, 2.24) is 4.31 Å². The molecule has 1 fully saturated rings. The van der Waals surface area contributed by atoms with Gasteiger partial charge in [-0.25, -0.2) is 17.2 Å². The van der Waals surface area contributed by atoms with Gasteiger partial charge in [-0.05, 0) is 37.5 Å². The lowest BCUT2D eigenvalue weighted by atomic mass is 9.95. The molecule has 0 aromatic heterocycles. The van der Waals surface area contributed by atoms with Crippen LogP contribution in [0.2, 0.25) is 0 Å². The van der Waals surface area contributed by atoms with E-state index >= 15 is 0 Å². The fourth-order valence-corrected chi connectivity index (χ4v) is 4.69. The number of sulfonamides is 1. The molecular weight excluding hydrogens is 338 g/mol. The van der Waals surface area contributed by atoms with Gasteiger partial charge in [0.2, 0.25) is 10.0 Å². The molecule has 0 bridgehead atoms. The minimum atomic E-state index is -3.48. The Kier molecular flexibility index (Phi) is 5.91. The zero-order chi connectivity index (χ0) is 17.9. The van der Waals surface area contributed by atoms with Crippen molar-refractivity contribution in [3.63, 3.8) is 0 Å². The summed E-state index contributed by atoms with van der Waals surface area (Å²) in [6, 6.07) is 3.46. The largest absolute Gasteiger partial charge is 0.396 e. The number of aliphatic hydroxyl groups is 1. The van der Waals surface area contributed by atoms with Gasteiger partial charge in [0.25, 0.3) is 0 Å². The van der Waals surface area contributed by atoms with Gasteiger partial charge < -0.3 is 5.11 Å². The molecule has 0 radical (unpaired) electrons. The van der Waals surface area contributed by atoms with Gasteiger partial charge in [0, 0.05) is 30.5 Å². The van der Waals surface area contributed by atoms with Gasteiger partial charge >= 0.3 is 0 Å². The van der Waals surface area contributed by atoms with E-state index in [1.54, 1.807) is 6.92 Å². The molecule has 0 spiro atoms. The predicted octanol–water partition coefficient (Wildman–Crippen LogP) is 2.27. The fourth-order valence-electron chi connectivity index (χ4n) is 2.94. The molecule has 1 saturated heterocycles. The summed E-state index contributed by atoms with van der Waals surface area (Å²) < 4.78 is 54.1. The van der Waals surface area contributed by atoms with Crippen molar-refractivity contribution >= 4 is 10.0 Å². The molecule has 1 aliphatic rings. The molecule has 0 aliphatic carbocycles. The van der Waals surface area contributed by atoms with Crippen LogP contribution in [0.5, 0.6) is 0 Å². The average molecular weight is 358 g/mol.